The summed E-state index contributed by atoms with van der Waals surface area (Å²) in [6.07, 6.45) is 2.06. The van der Waals surface area contributed by atoms with Gasteiger partial charge in [-0.25, -0.2) is 5.43 Å². The Labute approximate surface area is 162 Å². The number of nitro groups is 1. The van der Waals surface area contributed by atoms with Gasteiger partial charge < -0.3 is 14.2 Å². The van der Waals surface area contributed by atoms with Gasteiger partial charge in [-0.3, -0.25) is 14.9 Å². The molecule has 0 aliphatic carbocycles. The lowest BCUT2D eigenvalue weighted by atomic mass is 10.1. The number of carbonyl (C=O) groups excluding carboxylic acids is 1. The van der Waals surface area contributed by atoms with Gasteiger partial charge in [0.2, 0.25) is 0 Å². The van der Waals surface area contributed by atoms with Crippen molar-refractivity contribution >= 4 is 17.8 Å². The Morgan fingerprint density at radius 1 is 1.21 bits per heavy atom. The molecule has 2 rings (SSSR count). The number of hydrazone groups is 1. The third kappa shape index (κ3) is 5.19. The summed E-state index contributed by atoms with van der Waals surface area (Å²) < 4.78 is 15.7. The second-order valence-electron chi connectivity index (χ2n) is 5.58. The van der Waals surface area contributed by atoms with E-state index < -0.39 is 17.4 Å². The standard InChI is InChI=1S/C19H21N3O6/c1-4-13-8-9-16(15(10-13)22(24)25)28-12-18(23)21-20-11-14-6-5-7-17(26-2)19(14)27-3/h5-11H,4,12H2,1-3H3,(H,21,23). The molecule has 9 heteroatoms. The van der Waals surface area contributed by atoms with Crippen molar-refractivity contribution < 1.29 is 23.9 Å². The molecule has 0 saturated heterocycles. The van der Waals surface area contributed by atoms with Crippen LogP contribution in [0.25, 0.3) is 0 Å². The number of aryl methyl sites for hydroxylation is 1. The molecule has 0 aromatic heterocycles. The largest absolute Gasteiger partial charge is 0.493 e. The van der Waals surface area contributed by atoms with Gasteiger partial charge in [-0.15, -0.1) is 0 Å². The Kier molecular flexibility index (Phi) is 7.32. The lowest BCUT2D eigenvalue weighted by Gasteiger charge is -2.09. The van der Waals surface area contributed by atoms with Gasteiger partial charge in [0.1, 0.15) is 0 Å². The summed E-state index contributed by atoms with van der Waals surface area (Å²) in [4.78, 5) is 22.5. The van der Waals surface area contributed by atoms with Crippen LogP contribution in [0.5, 0.6) is 17.2 Å². The van der Waals surface area contributed by atoms with Crippen LogP contribution in [-0.2, 0) is 11.2 Å². The molecule has 2 aromatic carbocycles. The van der Waals surface area contributed by atoms with Crippen LogP contribution in [0, 0.1) is 10.1 Å². The van der Waals surface area contributed by atoms with E-state index in [1.807, 2.05) is 6.92 Å². The van der Waals surface area contributed by atoms with Crippen LogP contribution in [0.1, 0.15) is 18.1 Å². The summed E-state index contributed by atoms with van der Waals surface area (Å²) in [5.41, 5.74) is 3.53. The molecule has 0 unspecified atom stereocenters. The van der Waals surface area contributed by atoms with Gasteiger partial charge in [-0.1, -0.05) is 19.1 Å². The van der Waals surface area contributed by atoms with Crippen molar-refractivity contribution in [3.63, 3.8) is 0 Å². The first-order chi connectivity index (χ1) is 13.5. The first-order valence-electron chi connectivity index (χ1n) is 8.43. The van der Waals surface area contributed by atoms with Gasteiger partial charge in [-0.2, -0.15) is 5.10 Å². The van der Waals surface area contributed by atoms with Gasteiger partial charge in [0.25, 0.3) is 5.91 Å². The number of para-hydroxylation sites is 1. The molecule has 0 spiro atoms. The van der Waals surface area contributed by atoms with Gasteiger partial charge in [0.15, 0.2) is 23.9 Å². The van der Waals surface area contributed by atoms with Crippen LogP contribution in [0.3, 0.4) is 0 Å². The third-order valence-electron chi connectivity index (χ3n) is 3.81. The number of hydrogen-bond donors (Lipinski definition) is 1. The van der Waals surface area contributed by atoms with Crippen LogP contribution in [0.15, 0.2) is 41.5 Å². The molecule has 0 bridgehead atoms. The first-order valence-corrected chi connectivity index (χ1v) is 8.43. The number of carbonyl (C=O) groups is 1. The maximum absolute atomic E-state index is 11.9. The molecule has 0 aliphatic rings. The number of nitrogens with one attached hydrogen (secondary N) is 1. The SMILES string of the molecule is CCc1ccc(OCC(=O)NN=Cc2cccc(OC)c2OC)c([N+](=O)[O-])c1. The van der Waals surface area contributed by atoms with Crippen molar-refractivity contribution in [1.29, 1.82) is 0 Å². The summed E-state index contributed by atoms with van der Waals surface area (Å²) in [6.45, 7) is 1.47. The van der Waals surface area contributed by atoms with E-state index in [-0.39, 0.29) is 11.4 Å². The fraction of sp³-hybridized carbons (Fsp3) is 0.263. The smallest absolute Gasteiger partial charge is 0.311 e. The molecule has 148 valence electrons. The second-order valence-corrected chi connectivity index (χ2v) is 5.58. The predicted molar refractivity (Wildman–Crippen MR) is 103 cm³/mol. The third-order valence-corrected chi connectivity index (χ3v) is 3.81. The van der Waals surface area contributed by atoms with E-state index in [1.165, 1.54) is 32.6 Å². The van der Waals surface area contributed by atoms with Gasteiger partial charge in [0.05, 0.1) is 25.4 Å². The minimum Gasteiger partial charge on any atom is -0.493 e. The number of hydrogen-bond acceptors (Lipinski definition) is 7. The fourth-order valence-electron chi connectivity index (χ4n) is 2.41. The highest BCUT2D eigenvalue weighted by Crippen LogP contribution is 2.29. The van der Waals surface area contributed by atoms with Crippen LogP contribution in [0.4, 0.5) is 5.69 Å². The lowest BCUT2D eigenvalue weighted by Crippen LogP contribution is -2.24. The van der Waals surface area contributed by atoms with Crippen molar-refractivity contribution in [2.45, 2.75) is 13.3 Å². The Hall–Kier alpha value is -3.62. The monoisotopic (exact) mass is 387 g/mol. The average Bonchev–Trinajstić information content (AvgIpc) is 2.71. The second kappa shape index (κ2) is 9.91. The highest BCUT2D eigenvalue weighted by molar-refractivity contribution is 5.86. The summed E-state index contributed by atoms with van der Waals surface area (Å²) >= 11 is 0. The maximum atomic E-state index is 11.9. The normalized spacial score (nSPS) is 10.5. The van der Waals surface area contributed by atoms with E-state index in [4.69, 9.17) is 14.2 Å². The molecule has 2 aromatic rings. The number of benzene rings is 2. The molecule has 0 aliphatic heterocycles. The first kappa shape index (κ1) is 20.7. The number of methoxy groups -OCH3 is 2. The van der Waals surface area contributed by atoms with E-state index >= 15 is 0 Å². The van der Waals surface area contributed by atoms with Gasteiger partial charge in [-0.05, 0) is 30.2 Å². The zero-order chi connectivity index (χ0) is 20.5. The molecular formula is C19H21N3O6. The fourth-order valence-corrected chi connectivity index (χ4v) is 2.41. The Morgan fingerprint density at radius 2 is 2.00 bits per heavy atom. The molecule has 0 radical (unpaired) electrons. The predicted octanol–water partition coefficient (Wildman–Crippen LogP) is 2.70. The summed E-state index contributed by atoms with van der Waals surface area (Å²) in [6, 6.07) is 9.86. The number of amides is 1. The Bertz CT molecular complexity index is 882. The van der Waals surface area contributed by atoms with Crippen LogP contribution < -0.4 is 19.6 Å². The molecule has 0 heterocycles. The number of nitrogens with zero attached hydrogens (tertiary/aromatic N) is 2. The van der Waals surface area contributed by atoms with Crippen molar-refractivity contribution in [1.82, 2.24) is 5.43 Å². The number of nitro benzene ring substituents is 1. The molecule has 9 nitrogen and oxygen atoms in total. The van der Waals surface area contributed by atoms with Crippen molar-refractivity contribution in [2.24, 2.45) is 5.10 Å². The molecule has 0 atom stereocenters. The molecule has 1 N–H and O–H groups in total. The minimum atomic E-state index is -0.563. The van der Waals surface area contributed by atoms with E-state index in [2.05, 4.69) is 10.5 Å². The van der Waals surface area contributed by atoms with Crippen LogP contribution in [0.2, 0.25) is 0 Å². The highest BCUT2D eigenvalue weighted by Gasteiger charge is 2.16. The number of rotatable bonds is 9. The summed E-state index contributed by atoms with van der Waals surface area (Å²) in [7, 11) is 3.02. The molecule has 1 amide bonds. The van der Waals surface area contributed by atoms with Crippen LogP contribution >= 0.6 is 0 Å². The topological polar surface area (TPSA) is 112 Å². The van der Waals surface area contributed by atoms with Crippen LogP contribution in [-0.4, -0.2) is 37.9 Å². The van der Waals surface area contributed by atoms with Crippen molar-refractivity contribution in [2.75, 3.05) is 20.8 Å². The zero-order valence-electron chi connectivity index (χ0n) is 15.8. The Balaban J connectivity index is 1.99. The highest BCUT2D eigenvalue weighted by atomic mass is 16.6. The van der Waals surface area contributed by atoms with Crippen molar-refractivity contribution in [3.8, 4) is 17.2 Å². The lowest BCUT2D eigenvalue weighted by molar-refractivity contribution is -0.385. The molecule has 0 fully saturated rings. The van der Waals surface area contributed by atoms with E-state index in [0.717, 1.165) is 5.56 Å². The van der Waals surface area contributed by atoms with E-state index in [1.54, 1.807) is 24.3 Å². The maximum Gasteiger partial charge on any atom is 0.311 e. The molecule has 28 heavy (non-hydrogen) atoms. The molecular weight excluding hydrogens is 366 g/mol. The van der Waals surface area contributed by atoms with Gasteiger partial charge in [0, 0.05) is 11.6 Å². The van der Waals surface area contributed by atoms with E-state index in [0.29, 0.717) is 23.5 Å². The summed E-state index contributed by atoms with van der Waals surface area (Å²) in [5, 5.41) is 15.0. The minimum absolute atomic E-state index is 0.0239. The average molecular weight is 387 g/mol. The summed E-state index contributed by atoms with van der Waals surface area (Å²) in [5.74, 6) is 0.470. The Morgan fingerprint density at radius 3 is 2.64 bits per heavy atom. The zero-order valence-corrected chi connectivity index (χ0v) is 15.8. The van der Waals surface area contributed by atoms with Crippen molar-refractivity contribution in [3.05, 3.63) is 57.6 Å². The van der Waals surface area contributed by atoms with E-state index in [9.17, 15) is 14.9 Å². The molecule has 0 saturated carbocycles. The number of ether oxygens (including phenoxy) is 3. The van der Waals surface area contributed by atoms with Gasteiger partial charge >= 0.3 is 5.69 Å². The quantitative estimate of drug-likeness (QED) is 0.402.